The number of aliphatic hydroxyl groups is 1. The zero-order valence-corrected chi connectivity index (χ0v) is 15.1. The van der Waals surface area contributed by atoms with Crippen LogP contribution >= 0.6 is 0 Å². The van der Waals surface area contributed by atoms with Gasteiger partial charge in [0.1, 0.15) is 6.10 Å². The quantitative estimate of drug-likeness (QED) is 0.889. The van der Waals surface area contributed by atoms with Crippen LogP contribution in [0, 0.1) is 5.92 Å². The summed E-state index contributed by atoms with van der Waals surface area (Å²) in [5.41, 5.74) is 0. The summed E-state index contributed by atoms with van der Waals surface area (Å²) in [6, 6.07) is 4.05. The van der Waals surface area contributed by atoms with Crippen molar-refractivity contribution in [3.63, 3.8) is 0 Å². The highest BCUT2D eigenvalue weighted by atomic mass is 16.5. The van der Waals surface area contributed by atoms with E-state index in [9.17, 15) is 5.11 Å². The standard InChI is InChI=1S/C20H31N3O2/c24-17-6-3-5-16(13-17)14-22-12-8-18(15-22)25-19-7-4-9-21-20(19)23-10-1-2-11-23/h4,7,9,16-18,24H,1-3,5-6,8,10-15H2. The first-order chi connectivity index (χ1) is 12.3. The second-order valence-electron chi connectivity index (χ2n) is 7.99. The highest BCUT2D eigenvalue weighted by Crippen LogP contribution is 2.31. The Morgan fingerprint density at radius 2 is 2.00 bits per heavy atom. The van der Waals surface area contributed by atoms with Gasteiger partial charge in [-0.25, -0.2) is 4.98 Å². The van der Waals surface area contributed by atoms with Gasteiger partial charge in [0.2, 0.25) is 0 Å². The number of ether oxygens (including phenoxy) is 1. The van der Waals surface area contributed by atoms with Gasteiger partial charge < -0.3 is 14.7 Å². The van der Waals surface area contributed by atoms with Gasteiger partial charge in [-0.1, -0.05) is 6.42 Å². The summed E-state index contributed by atoms with van der Waals surface area (Å²) in [6.07, 6.45) is 10.0. The molecule has 2 saturated heterocycles. The molecular formula is C20H31N3O2. The van der Waals surface area contributed by atoms with Gasteiger partial charge in [0.25, 0.3) is 0 Å². The molecule has 5 nitrogen and oxygen atoms in total. The average molecular weight is 345 g/mol. The molecule has 1 saturated carbocycles. The minimum atomic E-state index is -0.0770. The van der Waals surface area contributed by atoms with E-state index in [0.717, 1.165) is 63.6 Å². The van der Waals surface area contributed by atoms with Gasteiger partial charge >= 0.3 is 0 Å². The number of pyridine rings is 1. The van der Waals surface area contributed by atoms with Crippen molar-refractivity contribution < 1.29 is 9.84 Å². The number of hydrogen-bond donors (Lipinski definition) is 1. The van der Waals surface area contributed by atoms with Crippen LogP contribution in [0.4, 0.5) is 5.82 Å². The molecule has 1 aromatic heterocycles. The molecular weight excluding hydrogens is 314 g/mol. The Morgan fingerprint density at radius 3 is 2.84 bits per heavy atom. The second kappa shape index (κ2) is 7.92. The predicted octanol–water partition coefficient (Wildman–Crippen LogP) is 2.69. The number of nitrogens with zero attached hydrogens (tertiary/aromatic N) is 3. The summed E-state index contributed by atoms with van der Waals surface area (Å²) in [5.74, 6) is 2.62. The van der Waals surface area contributed by atoms with Crippen LogP contribution in [0.2, 0.25) is 0 Å². The van der Waals surface area contributed by atoms with Crippen molar-refractivity contribution in [2.45, 2.75) is 57.2 Å². The van der Waals surface area contributed by atoms with Crippen LogP contribution in [0.15, 0.2) is 18.3 Å². The first-order valence-electron chi connectivity index (χ1n) is 10.0. The number of likely N-dealkylation sites (tertiary alicyclic amines) is 1. The fourth-order valence-corrected chi connectivity index (χ4v) is 4.67. The number of hydrogen-bond acceptors (Lipinski definition) is 5. The Balaban J connectivity index is 1.32. The normalized spacial score (nSPS) is 30.8. The molecule has 0 bridgehead atoms. The average Bonchev–Trinajstić information content (AvgIpc) is 3.28. The predicted molar refractivity (Wildman–Crippen MR) is 99.1 cm³/mol. The van der Waals surface area contributed by atoms with Gasteiger partial charge in [-0.15, -0.1) is 0 Å². The molecule has 138 valence electrons. The fourth-order valence-electron chi connectivity index (χ4n) is 4.67. The molecule has 1 aliphatic carbocycles. The Hall–Kier alpha value is -1.33. The van der Waals surface area contributed by atoms with Crippen molar-refractivity contribution in [3.05, 3.63) is 18.3 Å². The zero-order valence-electron chi connectivity index (χ0n) is 15.1. The summed E-state index contributed by atoms with van der Waals surface area (Å²) in [5, 5.41) is 9.88. The van der Waals surface area contributed by atoms with Crippen LogP contribution in [0.3, 0.4) is 0 Å². The number of aromatic nitrogens is 1. The molecule has 0 radical (unpaired) electrons. The van der Waals surface area contributed by atoms with Crippen molar-refractivity contribution in [1.29, 1.82) is 0 Å². The van der Waals surface area contributed by atoms with E-state index in [1.165, 1.54) is 25.7 Å². The van der Waals surface area contributed by atoms with E-state index in [2.05, 4.69) is 20.9 Å². The molecule has 3 atom stereocenters. The van der Waals surface area contributed by atoms with Crippen molar-refractivity contribution in [1.82, 2.24) is 9.88 Å². The van der Waals surface area contributed by atoms with Crippen molar-refractivity contribution in [2.24, 2.45) is 5.92 Å². The first-order valence-corrected chi connectivity index (χ1v) is 10.0. The van der Waals surface area contributed by atoms with E-state index in [-0.39, 0.29) is 12.2 Å². The molecule has 0 aromatic carbocycles. The number of rotatable bonds is 5. The Bertz CT molecular complexity index is 562. The van der Waals surface area contributed by atoms with Gasteiger partial charge in [-0.3, -0.25) is 4.90 Å². The molecule has 0 spiro atoms. The van der Waals surface area contributed by atoms with Gasteiger partial charge in [0, 0.05) is 38.9 Å². The highest BCUT2D eigenvalue weighted by Gasteiger charge is 2.29. The molecule has 3 aliphatic rings. The van der Waals surface area contributed by atoms with E-state index < -0.39 is 0 Å². The van der Waals surface area contributed by atoms with Crippen LogP contribution in [0.25, 0.3) is 0 Å². The fraction of sp³-hybridized carbons (Fsp3) is 0.750. The van der Waals surface area contributed by atoms with Crippen molar-refractivity contribution in [2.75, 3.05) is 37.6 Å². The van der Waals surface area contributed by atoms with Crippen molar-refractivity contribution in [3.8, 4) is 5.75 Å². The van der Waals surface area contributed by atoms with Gasteiger partial charge in [-0.2, -0.15) is 0 Å². The maximum absolute atomic E-state index is 9.88. The molecule has 1 aromatic rings. The maximum atomic E-state index is 9.88. The summed E-state index contributed by atoms with van der Waals surface area (Å²) < 4.78 is 6.36. The van der Waals surface area contributed by atoms with Gasteiger partial charge in [0.05, 0.1) is 6.10 Å². The van der Waals surface area contributed by atoms with E-state index in [0.29, 0.717) is 5.92 Å². The Morgan fingerprint density at radius 1 is 1.12 bits per heavy atom. The third-order valence-corrected chi connectivity index (χ3v) is 5.95. The minimum absolute atomic E-state index is 0.0770. The number of aliphatic hydroxyl groups excluding tert-OH is 1. The third-order valence-electron chi connectivity index (χ3n) is 5.95. The smallest absolute Gasteiger partial charge is 0.171 e. The molecule has 3 fully saturated rings. The van der Waals surface area contributed by atoms with E-state index in [1.54, 1.807) is 0 Å². The largest absolute Gasteiger partial charge is 0.485 e. The zero-order chi connectivity index (χ0) is 17.1. The van der Waals surface area contributed by atoms with Crippen LogP contribution in [0.5, 0.6) is 5.75 Å². The molecule has 25 heavy (non-hydrogen) atoms. The lowest BCUT2D eigenvalue weighted by molar-refractivity contribution is 0.0856. The van der Waals surface area contributed by atoms with Crippen LogP contribution in [-0.2, 0) is 0 Å². The van der Waals surface area contributed by atoms with E-state index >= 15 is 0 Å². The maximum Gasteiger partial charge on any atom is 0.171 e. The van der Waals surface area contributed by atoms with Gasteiger partial charge in [-0.05, 0) is 56.6 Å². The summed E-state index contributed by atoms with van der Waals surface area (Å²) >= 11 is 0. The third kappa shape index (κ3) is 4.26. The topological polar surface area (TPSA) is 48.8 Å². The lowest BCUT2D eigenvalue weighted by atomic mass is 9.87. The Labute approximate surface area is 151 Å². The molecule has 3 heterocycles. The van der Waals surface area contributed by atoms with Gasteiger partial charge in [0.15, 0.2) is 11.6 Å². The summed E-state index contributed by atoms with van der Waals surface area (Å²) in [4.78, 5) is 9.46. The monoisotopic (exact) mass is 345 g/mol. The molecule has 1 N–H and O–H groups in total. The van der Waals surface area contributed by atoms with E-state index in [1.807, 2.05) is 12.3 Å². The minimum Gasteiger partial charge on any atom is -0.485 e. The molecule has 4 rings (SSSR count). The molecule has 5 heteroatoms. The summed E-state index contributed by atoms with van der Waals surface area (Å²) in [7, 11) is 0. The molecule has 0 amide bonds. The lowest BCUT2D eigenvalue weighted by Gasteiger charge is -2.29. The first kappa shape index (κ1) is 17.1. The van der Waals surface area contributed by atoms with Crippen LogP contribution in [-0.4, -0.2) is 59.9 Å². The highest BCUT2D eigenvalue weighted by molar-refractivity contribution is 5.52. The Kier molecular flexibility index (Phi) is 5.42. The second-order valence-corrected chi connectivity index (χ2v) is 7.99. The summed E-state index contributed by atoms with van der Waals surface area (Å²) in [6.45, 7) is 5.41. The van der Waals surface area contributed by atoms with Crippen molar-refractivity contribution >= 4 is 5.82 Å². The lowest BCUT2D eigenvalue weighted by Crippen LogP contribution is -2.33. The van der Waals surface area contributed by atoms with Crippen LogP contribution in [0.1, 0.15) is 44.9 Å². The van der Waals surface area contributed by atoms with E-state index in [4.69, 9.17) is 4.74 Å². The van der Waals surface area contributed by atoms with Crippen LogP contribution < -0.4 is 9.64 Å². The molecule has 2 aliphatic heterocycles. The SMILES string of the molecule is OC1CCCC(CN2CCC(Oc3cccnc3N3CCCC3)C2)C1. The number of anilines is 1. The molecule has 3 unspecified atom stereocenters.